The molecular weight excluding hydrogens is 259 g/mol. The van der Waals surface area contributed by atoms with Crippen LogP contribution in [0.5, 0.6) is 0 Å². The molecule has 4 nitrogen and oxygen atoms in total. The van der Waals surface area contributed by atoms with Crippen LogP contribution in [0.25, 0.3) is 22.2 Å². The Morgan fingerprint density at radius 3 is 2.90 bits per heavy atom. The van der Waals surface area contributed by atoms with Gasteiger partial charge in [0.2, 0.25) is 0 Å². The first kappa shape index (κ1) is 12.3. The van der Waals surface area contributed by atoms with Crippen LogP contribution in [0.2, 0.25) is 0 Å². The molecule has 0 aliphatic heterocycles. The van der Waals surface area contributed by atoms with Gasteiger partial charge in [0.05, 0.1) is 23.7 Å². The number of nitrogens with zero attached hydrogens (tertiary/aromatic N) is 1. The van der Waals surface area contributed by atoms with Gasteiger partial charge < -0.3 is 9.72 Å². The van der Waals surface area contributed by atoms with Crippen LogP contribution in [0.3, 0.4) is 0 Å². The maximum absolute atomic E-state index is 14.2. The van der Waals surface area contributed by atoms with Crippen LogP contribution >= 0.6 is 0 Å². The number of benzene rings is 1. The van der Waals surface area contributed by atoms with Crippen LogP contribution in [0, 0.1) is 5.82 Å². The Balaban J connectivity index is 2.13. The molecule has 0 spiro atoms. The molecule has 1 aromatic carbocycles. The number of carbonyl (C=O) groups excluding carboxylic acids is 1. The van der Waals surface area contributed by atoms with Crippen LogP contribution in [0.4, 0.5) is 4.39 Å². The summed E-state index contributed by atoms with van der Waals surface area (Å²) in [4.78, 5) is 18.7. The zero-order valence-corrected chi connectivity index (χ0v) is 10.7. The van der Waals surface area contributed by atoms with Crippen LogP contribution in [0.15, 0.2) is 42.7 Å². The predicted molar refractivity (Wildman–Crippen MR) is 72.8 cm³/mol. The van der Waals surface area contributed by atoms with Gasteiger partial charge in [-0.05, 0) is 24.3 Å². The van der Waals surface area contributed by atoms with E-state index in [0.29, 0.717) is 16.6 Å². The first-order valence-corrected chi connectivity index (χ1v) is 6.01. The number of hydrogen-bond acceptors (Lipinski definition) is 3. The Labute approximate surface area is 114 Å². The van der Waals surface area contributed by atoms with Gasteiger partial charge in [-0.2, -0.15) is 0 Å². The maximum Gasteiger partial charge on any atom is 0.337 e. The largest absolute Gasteiger partial charge is 0.465 e. The molecule has 0 amide bonds. The molecule has 3 rings (SSSR count). The first-order valence-electron chi connectivity index (χ1n) is 6.01. The highest BCUT2D eigenvalue weighted by Crippen LogP contribution is 2.29. The number of fused-ring (bicyclic) bond motifs is 1. The number of hydrogen-bond donors (Lipinski definition) is 1. The summed E-state index contributed by atoms with van der Waals surface area (Å²) in [6.45, 7) is 0. The van der Waals surface area contributed by atoms with Gasteiger partial charge in [-0.15, -0.1) is 0 Å². The highest BCUT2D eigenvalue weighted by Gasteiger charge is 2.14. The van der Waals surface area contributed by atoms with E-state index in [1.807, 2.05) is 6.07 Å². The Bertz CT molecular complexity index is 795. The zero-order chi connectivity index (χ0) is 14.1. The fourth-order valence-electron chi connectivity index (χ4n) is 2.14. The Morgan fingerprint density at radius 1 is 1.30 bits per heavy atom. The van der Waals surface area contributed by atoms with Gasteiger partial charge in [-0.25, -0.2) is 9.18 Å². The van der Waals surface area contributed by atoms with E-state index >= 15 is 0 Å². The lowest BCUT2D eigenvalue weighted by Crippen LogP contribution is -2.01. The van der Waals surface area contributed by atoms with Crippen molar-refractivity contribution >= 4 is 17.0 Å². The minimum atomic E-state index is -0.562. The van der Waals surface area contributed by atoms with E-state index in [1.165, 1.54) is 19.2 Å². The molecule has 0 saturated carbocycles. The lowest BCUT2D eigenvalue weighted by molar-refractivity contribution is 0.0600. The van der Waals surface area contributed by atoms with Crippen molar-refractivity contribution in [2.75, 3.05) is 7.11 Å². The predicted octanol–water partition coefficient (Wildman–Crippen LogP) is 3.16. The summed E-state index contributed by atoms with van der Waals surface area (Å²) < 4.78 is 18.8. The minimum Gasteiger partial charge on any atom is -0.465 e. The molecule has 2 aromatic heterocycles. The van der Waals surface area contributed by atoms with Gasteiger partial charge in [0.15, 0.2) is 0 Å². The number of rotatable bonds is 2. The molecule has 20 heavy (non-hydrogen) atoms. The smallest absolute Gasteiger partial charge is 0.337 e. The lowest BCUT2D eigenvalue weighted by atomic mass is 10.0. The van der Waals surface area contributed by atoms with Gasteiger partial charge in [0.1, 0.15) is 5.82 Å². The highest BCUT2D eigenvalue weighted by molar-refractivity contribution is 5.94. The summed E-state index contributed by atoms with van der Waals surface area (Å²) in [7, 11) is 1.26. The Morgan fingerprint density at radius 2 is 2.15 bits per heavy atom. The zero-order valence-electron chi connectivity index (χ0n) is 10.7. The van der Waals surface area contributed by atoms with E-state index in [1.54, 1.807) is 24.5 Å². The number of aromatic nitrogens is 2. The van der Waals surface area contributed by atoms with Crippen LogP contribution in [-0.4, -0.2) is 23.0 Å². The minimum absolute atomic E-state index is 0.182. The summed E-state index contributed by atoms with van der Waals surface area (Å²) in [6, 6.07) is 7.93. The fourth-order valence-corrected chi connectivity index (χ4v) is 2.14. The molecule has 0 atom stereocenters. The number of esters is 1. The second-order valence-electron chi connectivity index (χ2n) is 4.29. The van der Waals surface area contributed by atoms with E-state index in [-0.39, 0.29) is 5.56 Å². The molecule has 0 radical (unpaired) electrons. The Kier molecular flexibility index (Phi) is 2.95. The van der Waals surface area contributed by atoms with Crippen LogP contribution in [0.1, 0.15) is 10.4 Å². The summed E-state index contributed by atoms with van der Waals surface area (Å²) in [5, 5.41) is 0. The molecular formula is C15H11FN2O2. The van der Waals surface area contributed by atoms with Crippen LogP contribution in [-0.2, 0) is 4.74 Å². The molecule has 1 N–H and O–H groups in total. The number of pyridine rings is 1. The second kappa shape index (κ2) is 4.77. The third-order valence-electron chi connectivity index (χ3n) is 3.12. The fraction of sp³-hybridized carbons (Fsp3) is 0.0667. The topological polar surface area (TPSA) is 55.0 Å². The van der Waals surface area contributed by atoms with E-state index in [2.05, 4.69) is 14.7 Å². The van der Waals surface area contributed by atoms with E-state index in [4.69, 9.17) is 0 Å². The first-order chi connectivity index (χ1) is 9.70. The molecule has 0 aliphatic rings. The molecule has 3 aromatic rings. The lowest BCUT2D eigenvalue weighted by Gasteiger charge is -2.04. The normalized spacial score (nSPS) is 10.7. The molecule has 5 heteroatoms. The monoisotopic (exact) mass is 270 g/mol. The SMILES string of the molecule is COC(=O)c1ccc(-c2c[nH]c3cccnc23)c(F)c1. The van der Waals surface area contributed by atoms with E-state index in [9.17, 15) is 9.18 Å². The van der Waals surface area contributed by atoms with Crippen LogP contribution < -0.4 is 0 Å². The summed E-state index contributed by atoms with van der Waals surface area (Å²) in [6.07, 6.45) is 3.36. The number of H-pyrrole nitrogens is 1. The molecule has 100 valence electrons. The average molecular weight is 270 g/mol. The van der Waals surface area contributed by atoms with Crippen molar-refractivity contribution in [1.29, 1.82) is 0 Å². The van der Waals surface area contributed by atoms with Gasteiger partial charge in [-0.1, -0.05) is 6.07 Å². The number of nitrogens with one attached hydrogen (secondary N) is 1. The third-order valence-corrected chi connectivity index (χ3v) is 3.12. The van der Waals surface area contributed by atoms with Crippen molar-refractivity contribution in [2.45, 2.75) is 0 Å². The van der Waals surface area contributed by atoms with Crippen molar-refractivity contribution in [3.63, 3.8) is 0 Å². The third kappa shape index (κ3) is 1.93. The van der Waals surface area contributed by atoms with Gasteiger partial charge in [0, 0.05) is 23.5 Å². The summed E-state index contributed by atoms with van der Waals surface area (Å²) in [5.41, 5.74) is 2.76. The number of halogens is 1. The van der Waals surface area contributed by atoms with Gasteiger partial charge in [-0.3, -0.25) is 4.98 Å². The number of methoxy groups -OCH3 is 1. The second-order valence-corrected chi connectivity index (χ2v) is 4.29. The molecule has 0 bridgehead atoms. The summed E-state index contributed by atoms with van der Waals surface area (Å²) >= 11 is 0. The molecule has 0 unspecified atom stereocenters. The molecule has 0 aliphatic carbocycles. The van der Waals surface area contributed by atoms with E-state index < -0.39 is 11.8 Å². The highest BCUT2D eigenvalue weighted by atomic mass is 19.1. The van der Waals surface area contributed by atoms with Crippen molar-refractivity contribution in [2.24, 2.45) is 0 Å². The van der Waals surface area contributed by atoms with Crippen molar-refractivity contribution in [3.8, 4) is 11.1 Å². The van der Waals surface area contributed by atoms with E-state index in [0.717, 1.165) is 5.52 Å². The number of ether oxygens (including phenoxy) is 1. The van der Waals surface area contributed by atoms with Crippen molar-refractivity contribution in [3.05, 3.63) is 54.1 Å². The number of carbonyl (C=O) groups is 1. The van der Waals surface area contributed by atoms with Crippen molar-refractivity contribution in [1.82, 2.24) is 9.97 Å². The Hall–Kier alpha value is -2.69. The molecule has 0 fully saturated rings. The average Bonchev–Trinajstić information content (AvgIpc) is 2.90. The van der Waals surface area contributed by atoms with Gasteiger partial charge in [0.25, 0.3) is 0 Å². The molecule has 0 saturated heterocycles. The summed E-state index contributed by atoms with van der Waals surface area (Å²) in [5.74, 6) is -1.05. The standard InChI is InChI=1S/C15H11FN2O2/c1-20-15(19)9-4-5-10(12(16)7-9)11-8-18-13-3-2-6-17-14(11)13/h2-8,18H,1H3. The maximum atomic E-state index is 14.2. The quantitative estimate of drug-likeness (QED) is 0.728. The van der Waals surface area contributed by atoms with Gasteiger partial charge >= 0.3 is 5.97 Å². The van der Waals surface area contributed by atoms with Crippen molar-refractivity contribution < 1.29 is 13.9 Å². The molecule has 2 heterocycles. The number of aromatic amines is 1.